The molecule has 0 heterocycles. The smallest absolute Gasteiger partial charge is 0.468 e. The Hall–Kier alpha value is -3.14. The molecule has 1 rings (SSSR count). The van der Waals surface area contributed by atoms with Gasteiger partial charge in [0.05, 0.1) is 25.6 Å². The maximum Gasteiger partial charge on any atom is 0.508 e. The van der Waals surface area contributed by atoms with Crippen LogP contribution in [0.25, 0.3) is 0 Å². The summed E-state index contributed by atoms with van der Waals surface area (Å²) >= 11 is 0. The number of ether oxygens (including phenoxy) is 5. The molecule has 3 unspecified atom stereocenters. The normalized spacial score (nSPS) is 13.9. The van der Waals surface area contributed by atoms with Crippen LogP contribution in [0, 0.1) is 17.8 Å². The van der Waals surface area contributed by atoms with Gasteiger partial charge in [-0.25, -0.2) is 4.79 Å². The lowest BCUT2D eigenvalue weighted by molar-refractivity contribution is -0.143. The van der Waals surface area contributed by atoms with Crippen LogP contribution in [-0.2, 0) is 35.0 Å². The first kappa shape index (κ1) is 34.9. The van der Waals surface area contributed by atoms with Crippen LogP contribution in [0.5, 0.6) is 11.5 Å². The molecular weight excluding hydrogens is 518 g/mol. The fraction of sp³-hybridized carbons (Fsp3) is 0.667. The highest BCUT2D eigenvalue weighted by Crippen LogP contribution is 2.31. The molecule has 10 nitrogen and oxygen atoms in total. The zero-order valence-corrected chi connectivity index (χ0v) is 25.1. The van der Waals surface area contributed by atoms with E-state index < -0.39 is 30.1 Å². The van der Waals surface area contributed by atoms with Gasteiger partial charge in [-0.15, -0.1) is 0 Å². The van der Waals surface area contributed by atoms with Gasteiger partial charge < -0.3 is 29.0 Å². The third kappa shape index (κ3) is 12.8. The van der Waals surface area contributed by atoms with Crippen molar-refractivity contribution in [1.29, 1.82) is 0 Å². The molecule has 226 valence electrons. The monoisotopic (exact) mass is 565 g/mol. The standard InChI is InChI=1S/C30H47NO9/c1-8-11-21(5)27(32)39-25-14-13-23(18-26(25)40-28(33)22(6)12-9-2)17-24(29(34)36-7)31-15-16-37-30(35)38-19-20(4)10-3/h13-14,18,20-22,24,31H,8-12,15-17,19H2,1-7H3/t20?,21?,22?,24-/m0/s1. The molecule has 1 aromatic carbocycles. The number of hydrogen-bond acceptors (Lipinski definition) is 10. The Morgan fingerprint density at radius 1 is 0.825 bits per heavy atom. The van der Waals surface area contributed by atoms with Crippen LogP contribution in [0.1, 0.15) is 79.2 Å². The summed E-state index contributed by atoms with van der Waals surface area (Å²) in [6.45, 7) is 12.0. The highest BCUT2D eigenvalue weighted by atomic mass is 16.7. The molecule has 0 saturated heterocycles. The molecule has 0 bridgehead atoms. The van der Waals surface area contributed by atoms with Gasteiger partial charge in [0.15, 0.2) is 11.5 Å². The zero-order chi connectivity index (χ0) is 30.1. The lowest BCUT2D eigenvalue weighted by Gasteiger charge is -2.19. The Kier molecular flexibility index (Phi) is 16.6. The van der Waals surface area contributed by atoms with Crippen LogP contribution in [0.2, 0.25) is 0 Å². The number of benzene rings is 1. The van der Waals surface area contributed by atoms with Crippen LogP contribution in [0.15, 0.2) is 18.2 Å². The number of methoxy groups -OCH3 is 1. The van der Waals surface area contributed by atoms with E-state index in [1.165, 1.54) is 7.11 Å². The summed E-state index contributed by atoms with van der Waals surface area (Å²) in [5, 5.41) is 3.02. The van der Waals surface area contributed by atoms with Crippen LogP contribution >= 0.6 is 0 Å². The van der Waals surface area contributed by atoms with E-state index in [2.05, 4.69) is 5.32 Å². The van der Waals surface area contributed by atoms with Crippen molar-refractivity contribution in [1.82, 2.24) is 5.32 Å². The van der Waals surface area contributed by atoms with Gasteiger partial charge in [0.2, 0.25) is 0 Å². The van der Waals surface area contributed by atoms with Crippen LogP contribution in [-0.4, -0.2) is 57.0 Å². The molecule has 1 N–H and O–H groups in total. The summed E-state index contributed by atoms with van der Waals surface area (Å²) in [6, 6.07) is 4.07. The summed E-state index contributed by atoms with van der Waals surface area (Å²) in [7, 11) is 1.28. The Labute approximate surface area is 238 Å². The Bertz CT molecular complexity index is 949. The fourth-order valence-corrected chi connectivity index (χ4v) is 3.72. The largest absolute Gasteiger partial charge is 0.508 e. The van der Waals surface area contributed by atoms with Crippen molar-refractivity contribution in [2.75, 3.05) is 26.9 Å². The van der Waals surface area contributed by atoms with Gasteiger partial charge in [-0.1, -0.05) is 66.9 Å². The summed E-state index contributed by atoms with van der Waals surface area (Å²) in [5.74, 6) is -1.52. The van der Waals surface area contributed by atoms with E-state index >= 15 is 0 Å². The maximum absolute atomic E-state index is 12.7. The van der Waals surface area contributed by atoms with Crippen molar-refractivity contribution in [2.45, 2.75) is 86.1 Å². The number of carbonyl (C=O) groups is 4. The van der Waals surface area contributed by atoms with E-state index in [9.17, 15) is 19.2 Å². The van der Waals surface area contributed by atoms with Gasteiger partial charge in [0.25, 0.3) is 0 Å². The van der Waals surface area contributed by atoms with E-state index in [-0.39, 0.29) is 55.4 Å². The summed E-state index contributed by atoms with van der Waals surface area (Å²) in [5.41, 5.74) is 0.643. The third-order valence-electron chi connectivity index (χ3n) is 6.50. The van der Waals surface area contributed by atoms with E-state index in [1.807, 2.05) is 27.7 Å². The molecule has 0 aliphatic carbocycles. The number of nitrogens with one attached hydrogen (secondary N) is 1. The Balaban J connectivity index is 2.99. The topological polar surface area (TPSA) is 126 Å². The van der Waals surface area contributed by atoms with Gasteiger partial charge >= 0.3 is 24.1 Å². The number of carbonyl (C=O) groups excluding carboxylic acids is 4. The Morgan fingerprint density at radius 3 is 1.98 bits per heavy atom. The number of esters is 3. The van der Waals surface area contributed by atoms with Gasteiger partial charge in [-0.3, -0.25) is 14.4 Å². The summed E-state index contributed by atoms with van der Waals surface area (Å²) in [4.78, 5) is 49.5. The minimum atomic E-state index is -0.773. The summed E-state index contributed by atoms with van der Waals surface area (Å²) in [6.07, 6.45) is 3.28. The number of rotatable bonds is 18. The molecule has 0 saturated carbocycles. The molecule has 10 heteroatoms. The van der Waals surface area contributed by atoms with Crippen LogP contribution < -0.4 is 14.8 Å². The molecular formula is C30H47NO9. The highest BCUT2D eigenvalue weighted by molar-refractivity contribution is 5.79. The van der Waals surface area contributed by atoms with E-state index in [1.54, 1.807) is 32.0 Å². The van der Waals surface area contributed by atoms with Crippen molar-refractivity contribution in [2.24, 2.45) is 17.8 Å². The summed E-state index contributed by atoms with van der Waals surface area (Å²) < 4.78 is 26.3. The quantitative estimate of drug-likeness (QED) is 0.143. The van der Waals surface area contributed by atoms with Gasteiger partial charge in [0.1, 0.15) is 12.6 Å². The van der Waals surface area contributed by atoms with Crippen molar-refractivity contribution < 1.29 is 42.9 Å². The minimum absolute atomic E-state index is 0.00412. The van der Waals surface area contributed by atoms with E-state index in [4.69, 9.17) is 23.7 Å². The van der Waals surface area contributed by atoms with Gasteiger partial charge in [0, 0.05) is 6.54 Å². The molecule has 0 radical (unpaired) electrons. The SMILES string of the molecule is CCCC(C)C(=O)Oc1ccc(C[C@H](NCCOC(=O)OCC(C)CC)C(=O)OC)cc1OC(=O)C(C)CCC. The predicted molar refractivity (Wildman–Crippen MR) is 150 cm³/mol. The second-order valence-electron chi connectivity index (χ2n) is 10.2. The molecule has 1 aromatic rings. The van der Waals surface area contributed by atoms with Gasteiger partial charge in [-0.2, -0.15) is 0 Å². The van der Waals surface area contributed by atoms with Gasteiger partial charge in [-0.05, 0) is 42.9 Å². The lowest BCUT2D eigenvalue weighted by Crippen LogP contribution is -2.41. The van der Waals surface area contributed by atoms with Crippen molar-refractivity contribution in [3.63, 3.8) is 0 Å². The maximum atomic E-state index is 12.7. The average molecular weight is 566 g/mol. The van der Waals surface area contributed by atoms with E-state index in [0.717, 1.165) is 19.3 Å². The first-order chi connectivity index (χ1) is 19.1. The molecule has 40 heavy (non-hydrogen) atoms. The highest BCUT2D eigenvalue weighted by Gasteiger charge is 2.24. The molecule has 0 aliphatic heterocycles. The van der Waals surface area contributed by atoms with Crippen LogP contribution in [0.3, 0.4) is 0 Å². The van der Waals surface area contributed by atoms with Crippen LogP contribution in [0.4, 0.5) is 4.79 Å². The Morgan fingerprint density at radius 2 is 1.43 bits per heavy atom. The third-order valence-corrected chi connectivity index (χ3v) is 6.50. The first-order valence-corrected chi connectivity index (χ1v) is 14.2. The fourth-order valence-electron chi connectivity index (χ4n) is 3.72. The van der Waals surface area contributed by atoms with Crippen molar-refractivity contribution >= 4 is 24.1 Å². The molecule has 0 aromatic heterocycles. The van der Waals surface area contributed by atoms with Crippen molar-refractivity contribution in [3.05, 3.63) is 23.8 Å². The molecule has 0 amide bonds. The second kappa shape index (κ2) is 19.0. The second-order valence-corrected chi connectivity index (χ2v) is 10.2. The molecule has 4 atom stereocenters. The minimum Gasteiger partial charge on any atom is -0.468 e. The zero-order valence-electron chi connectivity index (χ0n) is 25.1. The predicted octanol–water partition coefficient (Wildman–Crippen LogP) is 5.24. The molecule has 0 fully saturated rings. The number of hydrogen-bond donors (Lipinski definition) is 1. The van der Waals surface area contributed by atoms with Crippen molar-refractivity contribution in [3.8, 4) is 11.5 Å². The molecule has 0 spiro atoms. The average Bonchev–Trinajstić information content (AvgIpc) is 2.94. The van der Waals surface area contributed by atoms with E-state index in [0.29, 0.717) is 18.4 Å². The lowest BCUT2D eigenvalue weighted by atomic mass is 10.0. The molecule has 0 aliphatic rings. The first-order valence-electron chi connectivity index (χ1n) is 14.2.